The number of nitrogens with zero attached hydrogens (tertiary/aromatic N) is 4. The number of aromatic nitrogens is 3. The maximum atomic E-state index is 13.1. The molecule has 3 rings (SSSR count). The highest BCUT2D eigenvalue weighted by molar-refractivity contribution is 6.04. The first-order chi connectivity index (χ1) is 9.78. The van der Waals surface area contributed by atoms with E-state index in [0.717, 1.165) is 4.90 Å². The zero-order valence-electron chi connectivity index (χ0n) is 11.5. The van der Waals surface area contributed by atoms with Gasteiger partial charge in [-0.2, -0.15) is 13.2 Å². The smallest absolute Gasteiger partial charge is 0.327 e. The van der Waals surface area contributed by atoms with Gasteiger partial charge in [0.2, 0.25) is 0 Å². The van der Waals surface area contributed by atoms with Crippen LogP contribution >= 0.6 is 0 Å². The van der Waals surface area contributed by atoms with Gasteiger partial charge < -0.3 is 9.47 Å². The second-order valence-corrected chi connectivity index (χ2v) is 5.28. The van der Waals surface area contributed by atoms with E-state index in [0.29, 0.717) is 11.2 Å². The highest BCUT2D eigenvalue weighted by atomic mass is 19.4. The van der Waals surface area contributed by atoms with Gasteiger partial charge in [0, 0.05) is 20.3 Å². The molecule has 5 nitrogen and oxygen atoms in total. The van der Waals surface area contributed by atoms with Crippen molar-refractivity contribution in [3.05, 3.63) is 24.2 Å². The molecule has 2 aromatic heterocycles. The van der Waals surface area contributed by atoms with Gasteiger partial charge in [0.15, 0.2) is 5.65 Å². The van der Waals surface area contributed by atoms with Gasteiger partial charge in [-0.3, -0.25) is 4.79 Å². The second kappa shape index (κ2) is 4.19. The number of carbonyl (C=O) groups is 1. The van der Waals surface area contributed by atoms with Crippen LogP contribution in [-0.4, -0.2) is 44.1 Å². The van der Waals surface area contributed by atoms with Crippen LogP contribution in [-0.2, 0) is 7.05 Å². The van der Waals surface area contributed by atoms with Gasteiger partial charge in [-0.05, 0) is 18.9 Å². The van der Waals surface area contributed by atoms with E-state index >= 15 is 0 Å². The molecule has 0 aliphatic heterocycles. The second-order valence-electron chi connectivity index (χ2n) is 5.28. The quantitative estimate of drug-likeness (QED) is 0.853. The lowest BCUT2D eigenvalue weighted by Gasteiger charge is -2.30. The molecule has 2 aromatic rings. The lowest BCUT2D eigenvalue weighted by Crippen LogP contribution is -2.49. The number of amides is 1. The minimum absolute atomic E-state index is 0.0603. The monoisotopic (exact) mass is 298 g/mol. The van der Waals surface area contributed by atoms with Crippen LogP contribution in [0.2, 0.25) is 0 Å². The molecule has 1 aliphatic carbocycles. The van der Waals surface area contributed by atoms with E-state index in [1.54, 1.807) is 11.6 Å². The Bertz CT molecular complexity index is 718. The fraction of sp³-hybridized carbons (Fsp3) is 0.462. The van der Waals surface area contributed by atoms with Crippen molar-refractivity contribution in [1.29, 1.82) is 0 Å². The normalized spacial score (nSPS) is 17.0. The van der Waals surface area contributed by atoms with Gasteiger partial charge in [0.1, 0.15) is 11.1 Å². The third kappa shape index (κ3) is 1.89. The minimum Gasteiger partial charge on any atom is -0.327 e. The van der Waals surface area contributed by atoms with E-state index in [1.165, 1.54) is 25.6 Å². The van der Waals surface area contributed by atoms with Crippen LogP contribution < -0.4 is 0 Å². The van der Waals surface area contributed by atoms with Crippen LogP contribution in [0.3, 0.4) is 0 Å². The first-order valence-electron chi connectivity index (χ1n) is 6.39. The van der Waals surface area contributed by atoms with Crippen LogP contribution in [0.15, 0.2) is 18.6 Å². The molecule has 0 unspecified atom stereocenters. The number of hydrogen-bond acceptors (Lipinski definition) is 3. The molecule has 2 heterocycles. The van der Waals surface area contributed by atoms with E-state index in [-0.39, 0.29) is 18.4 Å². The van der Waals surface area contributed by atoms with Crippen molar-refractivity contribution in [1.82, 2.24) is 19.4 Å². The van der Waals surface area contributed by atoms with Crippen molar-refractivity contribution in [3.63, 3.8) is 0 Å². The number of imidazole rings is 1. The summed E-state index contributed by atoms with van der Waals surface area (Å²) in [6.07, 6.45) is -1.67. The van der Waals surface area contributed by atoms with Crippen LogP contribution in [0, 0.1) is 0 Å². The molecule has 0 aromatic carbocycles. The molecule has 1 saturated carbocycles. The number of carbonyl (C=O) groups excluding carboxylic acids is 1. The summed E-state index contributed by atoms with van der Waals surface area (Å²) < 4.78 is 41.0. The molecule has 0 N–H and O–H groups in total. The van der Waals surface area contributed by atoms with Gasteiger partial charge in [0.05, 0.1) is 11.9 Å². The van der Waals surface area contributed by atoms with E-state index in [2.05, 4.69) is 9.97 Å². The molecule has 0 bridgehead atoms. The third-order valence-corrected chi connectivity index (χ3v) is 4.03. The van der Waals surface area contributed by atoms with E-state index in [4.69, 9.17) is 0 Å². The van der Waals surface area contributed by atoms with Crippen LogP contribution in [0.1, 0.15) is 23.2 Å². The first kappa shape index (κ1) is 13.8. The molecule has 8 heteroatoms. The summed E-state index contributed by atoms with van der Waals surface area (Å²) in [5, 5.41) is 0. The summed E-state index contributed by atoms with van der Waals surface area (Å²) in [5.41, 5.74) is -1.12. The van der Waals surface area contributed by atoms with Crippen molar-refractivity contribution in [2.24, 2.45) is 7.05 Å². The average molecular weight is 298 g/mol. The SMILES string of the molecule is CN(C(=O)c1ccnc2c1ncn2C)C1(C(F)(F)F)CC1. The van der Waals surface area contributed by atoms with Gasteiger partial charge in [-0.1, -0.05) is 0 Å². The number of hydrogen-bond donors (Lipinski definition) is 0. The summed E-state index contributed by atoms with van der Waals surface area (Å²) in [6, 6.07) is 1.40. The summed E-state index contributed by atoms with van der Waals surface area (Å²) in [7, 11) is 2.90. The summed E-state index contributed by atoms with van der Waals surface area (Å²) >= 11 is 0. The third-order valence-electron chi connectivity index (χ3n) is 4.03. The highest BCUT2D eigenvalue weighted by Crippen LogP contribution is 2.53. The summed E-state index contributed by atoms with van der Waals surface area (Å²) in [5.74, 6) is -0.684. The highest BCUT2D eigenvalue weighted by Gasteiger charge is 2.67. The Morgan fingerprint density at radius 2 is 2.05 bits per heavy atom. The number of pyridine rings is 1. The van der Waals surface area contributed by atoms with E-state index < -0.39 is 17.6 Å². The Hall–Kier alpha value is -2.12. The average Bonchev–Trinajstić information content (AvgIpc) is 3.17. The van der Waals surface area contributed by atoms with Crippen molar-refractivity contribution in [2.45, 2.75) is 24.6 Å². The van der Waals surface area contributed by atoms with Crippen molar-refractivity contribution in [2.75, 3.05) is 7.05 Å². The fourth-order valence-corrected chi connectivity index (χ4v) is 2.50. The van der Waals surface area contributed by atoms with Crippen LogP contribution in [0.25, 0.3) is 11.2 Å². The Morgan fingerprint density at radius 1 is 1.38 bits per heavy atom. The predicted octanol–water partition coefficient (Wildman–Crippen LogP) is 2.14. The van der Waals surface area contributed by atoms with Crippen molar-refractivity contribution in [3.8, 4) is 0 Å². The van der Waals surface area contributed by atoms with Crippen molar-refractivity contribution < 1.29 is 18.0 Å². The van der Waals surface area contributed by atoms with Crippen LogP contribution in [0.5, 0.6) is 0 Å². The molecule has 0 saturated heterocycles. The zero-order valence-corrected chi connectivity index (χ0v) is 11.5. The van der Waals surface area contributed by atoms with Gasteiger partial charge >= 0.3 is 6.18 Å². The van der Waals surface area contributed by atoms with Crippen LogP contribution in [0.4, 0.5) is 13.2 Å². The molecule has 0 radical (unpaired) electrons. The topological polar surface area (TPSA) is 51.0 Å². The number of alkyl halides is 3. The van der Waals surface area contributed by atoms with E-state index in [9.17, 15) is 18.0 Å². The Labute approximate surface area is 118 Å². The molecule has 1 amide bonds. The van der Waals surface area contributed by atoms with Gasteiger partial charge in [-0.15, -0.1) is 0 Å². The predicted molar refractivity (Wildman–Crippen MR) is 68.6 cm³/mol. The molecule has 0 spiro atoms. The summed E-state index contributed by atoms with van der Waals surface area (Å²) in [4.78, 5) is 21.4. The van der Waals surface area contributed by atoms with Crippen molar-refractivity contribution >= 4 is 17.1 Å². The minimum atomic E-state index is -4.42. The molecule has 21 heavy (non-hydrogen) atoms. The Balaban J connectivity index is 2.02. The number of halogens is 3. The van der Waals surface area contributed by atoms with E-state index in [1.807, 2.05) is 0 Å². The maximum Gasteiger partial charge on any atom is 0.411 e. The van der Waals surface area contributed by atoms with Gasteiger partial charge in [0.25, 0.3) is 5.91 Å². The summed E-state index contributed by atoms with van der Waals surface area (Å²) in [6.45, 7) is 0. The molecular weight excluding hydrogens is 285 g/mol. The standard InChI is InChI=1S/C13H13F3N4O/c1-19-7-18-9-8(3-6-17-10(9)19)11(21)20(2)12(4-5-12)13(14,15)16/h3,6-7H,4-5H2,1-2H3. The largest absolute Gasteiger partial charge is 0.411 e. The molecule has 0 atom stereocenters. The first-order valence-corrected chi connectivity index (χ1v) is 6.39. The Kier molecular flexibility index (Phi) is 2.76. The Morgan fingerprint density at radius 3 is 2.62 bits per heavy atom. The molecular formula is C13H13F3N4O. The van der Waals surface area contributed by atoms with Gasteiger partial charge in [-0.25, -0.2) is 9.97 Å². The molecule has 1 fully saturated rings. The molecule has 112 valence electrons. The molecule has 1 aliphatic rings. The fourth-order valence-electron chi connectivity index (χ4n) is 2.50. The lowest BCUT2D eigenvalue weighted by molar-refractivity contribution is -0.185. The number of fused-ring (bicyclic) bond motifs is 1. The lowest BCUT2D eigenvalue weighted by atomic mass is 10.1. The zero-order chi connectivity index (χ0) is 15.4. The maximum absolute atomic E-state index is 13.1. The number of aryl methyl sites for hydroxylation is 1. The number of rotatable bonds is 2.